The van der Waals surface area contributed by atoms with Crippen molar-refractivity contribution >= 4 is 0 Å². The number of hydrogen-bond acceptors (Lipinski definition) is 3. The van der Waals surface area contributed by atoms with E-state index in [2.05, 4.69) is 43.8 Å². The van der Waals surface area contributed by atoms with Gasteiger partial charge in [-0.1, -0.05) is 26.8 Å². The molecule has 0 aliphatic rings. The molecule has 0 aromatic carbocycles. The minimum atomic E-state index is -0.241. The maximum Gasteiger partial charge on any atom is 0.0600 e. The summed E-state index contributed by atoms with van der Waals surface area (Å²) in [5.74, 6) is 0. The molecule has 0 fully saturated rings. The van der Waals surface area contributed by atoms with Gasteiger partial charge in [0.15, 0.2) is 0 Å². The topological polar surface area (TPSA) is 36.4 Å². The second-order valence-corrected chi connectivity index (χ2v) is 6.04. The zero-order valence-corrected chi connectivity index (χ0v) is 12.1. The summed E-state index contributed by atoms with van der Waals surface area (Å²) in [6.07, 6.45) is 3.37. The maximum absolute atomic E-state index is 9.98. The molecule has 1 N–H and O–H groups in total. The second-order valence-electron chi connectivity index (χ2n) is 6.04. The predicted molar refractivity (Wildman–Crippen MR) is 75.5 cm³/mol. The van der Waals surface area contributed by atoms with Crippen LogP contribution in [0.5, 0.6) is 0 Å². The molecule has 1 unspecified atom stereocenters. The molecule has 0 bridgehead atoms. The summed E-state index contributed by atoms with van der Waals surface area (Å²) in [5, 5.41) is 9.98. The average molecular weight is 250 g/mol. The number of pyridine rings is 1. The number of hydrogen-bond donors (Lipinski definition) is 1. The molecule has 1 heterocycles. The monoisotopic (exact) mass is 250 g/mol. The van der Waals surface area contributed by atoms with E-state index in [-0.39, 0.29) is 11.5 Å². The summed E-state index contributed by atoms with van der Waals surface area (Å²) in [4.78, 5) is 6.56. The minimum absolute atomic E-state index is 0.0260. The van der Waals surface area contributed by atoms with Crippen LogP contribution in [0.1, 0.15) is 32.9 Å². The van der Waals surface area contributed by atoms with Crippen molar-refractivity contribution in [1.82, 2.24) is 9.88 Å². The van der Waals surface area contributed by atoms with Crippen molar-refractivity contribution in [2.45, 2.75) is 39.7 Å². The highest BCUT2D eigenvalue weighted by Gasteiger charge is 2.21. The Morgan fingerprint density at radius 3 is 2.56 bits per heavy atom. The fourth-order valence-corrected chi connectivity index (χ4v) is 1.74. The second kappa shape index (κ2) is 6.86. The van der Waals surface area contributed by atoms with E-state index in [1.807, 2.05) is 18.3 Å². The molecule has 1 atom stereocenters. The molecule has 3 heteroatoms. The van der Waals surface area contributed by atoms with Gasteiger partial charge in [-0.2, -0.15) is 0 Å². The van der Waals surface area contributed by atoms with E-state index in [4.69, 9.17) is 0 Å². The lowest BCUT2D eigenvalue weighted by Gasteiger charge is -2.27. The lowest BCUT2D eigenvalue weighted by molar-refractivity contribution is 0.0480. The van der Waals surface area contributed by atoms with Crippen molar-refractivity contribution in [3.63, 3.8) is 0 Å². The maximum atomic E-state index is 9.98. The van der Waals surface area contributed by atoms with Gasteiger partial charge in [-0.05, 0) is 31.0 Å². The molecule has 3 nitrogen and oxygen atoms in total. The smallest absolute Gasteiger partial charge is 0.0600 e. The summed E-state index contributed by atoms with van der Waals surface area (Å²) in [6, 6.07) is 6.01. The Morgan fingerprint density at radius 1 is 1.28 bits per heavy atom. The van der Waals surface area contributed by atoms with E-state index in [0.29, 0.717) is 0 Å². The highest BCUT2D eigenvalue weighted by Crippen LogP contribution is 2.21. The van der Waals surface area contributed by atoms with Crippen molar-refractivity contribution in [3.05, 3.63) is 30.1 Å². The van der Waals surface area contributed by atoms with Gasteiger partial charge in [0.25, 0.3) is 0 Å². The molecule has 0 amide bonds. The first kappa shape index (κ1) is 15.1. The lowest BCUT2D eigenvalue weighted by atomic mass is 9.87. The van der Waals surface area contributed by atoms with Gasteiger partial charge >= 0.3 is 0 Å². The first-order chi connectivity index (χ1) is 8.39. The Balaban J connectivity index is 2.24. The van der Waals surface area contributed by atoms with Crippen LogP contribution in [0, 0.1) is 5.41 Å². The van der Waals surface area contributed by atoms with Crippen molar-refractivity contribution in [1.29, 1.82) is 0 Å². The Morgan fingerprint density at radius 2 is 2.00 bits per heavy atom. The number of aliphatic hydroxyl groups excluding tert-OH is 1. The molecule has 0 aliphatic heterocycles. The summed E-state index contributed by atoms with van der Waals surface area (Å²) in [5.41, 5.74) is 1.10. The molecular weight excluding hydrogens is 224 g/mol. The number of nitrogens with zero attached hydrogens (tertiary/aromatic N) is 2. The van der Waals surface area contributed by atoms with Crippen LogP contribution in [-0.2, 0) is 6.42 Å². The molecule has 102 valence electrons. The molecule has 18 heavy (non-hydrogen) atoms. The summed E-state index contributed by atoms with van der Waals surface area (Å²) in [7, 11) is 2.10. The number of aromatic nitrogens is 1. The molecule has 0 saturated heterocycles. The zero-order chi connectivity index (χ0) is 13.6. The number of likely N-dealkylation sites (N-methyl/N-ethyl adjacent to an activating group) is 1. The van der Waals surface area contributed by atoms with Crippen LogP contribution >= 0.6 is 0 Å². The van der Waals surface area contributed by atoms with E-state index >= 15 is 0 Å². The van der Waals surface area contributed by atoms with Gasteiger partial charge in [0.2, 0.25) is 0 Å². The van der Waals surface area contributed by atoms with E-state index in [1.165, 1.54) is 0 Å². The van der Waals surface area contributed by atoms with Crippen LogP contribution in [0.4, 0.5) is 0 Å². The first-order valence-electron chi connectivity index (χ1n) is 6.66. The van der Waals surface area contributed by atoms with Crippen LogP contribution in [0.15, 0.2) is 24.4 Å². The largest absolute Gasteiger partial charge is 0.393 e. The molecule has 0 saturated carbocycles. The van der Waals surface area contributed by atoms with Crippen molar-refractivity contribution in [2.24, 2.45) is 5.41 Å². The molecule has 0 spiro atoms. The van der Waals surface area contributed by atoms with Gasteiger partial charge in [-0.15, -0.1) is 0 Å². The van der Waals surface area contributed by atoms with E-state index in [9.17, 15) is 5.11 Å². The van der Waals surface area contributed by atoms with Crippen LogP contribution in [0.2, 0.25) is 0 Å². The third-order valence-electron chi connectivity index (χ3n) is 3.26. The van der Waals surface area contributed by atoms with Crippen LogP contribution in [0.3, 0.4) is 0 Å². The van der Waals surface area contributed by atoms with Gasteiger partial charge in [-0.25, -0.2) is 0 Å². The van der Waals surface area contributed by atoms with Crippen molar-refractivity contribution < 1.29 is 5.11 Å². The quantitative estimate of drug-likeness (QED) is 0.842. The van der Waals surface area contributed by atoms with Crippen LogP contribution in [-0.4, -0.2) is 41.2 Å². The molecule has 1 aromatic rings. The standard InChI is InChI=1S/C15H26N2O/c1-15(2,3)14(18)9-12-17(4)11-8-13-7-5-6-10-16-13/h5-7,10,14,18H,8-9,11-12H2,1-4H3. The summed E-state index contributed by atoms with van der Waals surface area (Å²) >= 11 is 0. The predicted octanol–water partition coefficient (Wildman–Crippen LogP) is 2.35. The Kier molecular flexibility index (Phi) is 5.76. The van der Waals surface area contributed by atoms with E-state index in [1.54, 1.807) is 0 Å². The summed E-state index contributed by atoms with van der Waals surface area (Å²) in [6.45, 7) is 8.13. The highest BCUT2D eigenvalue weighted by molar-refractivity contribution is 5.03. The zero-order valence-electron chi connectivity index (χ0n) is 12.1. The fraction of sp³-hybridized carbons (Fsp3) is 0.667. The highest BCUT2D eigenvalue weighted by atomic mass is 16.3. The van der Waals surface area contributed by atoms with Gasteiger partial charge < -0.3 is 10.0 Å². The average Bonchev–Trinajstić information content (AvgIpc) is 2.33. The molecule has 1 aromatic heterocycles. The van der Waals surface area contributed by atoms with Gasteiger partial charge in [0.1, 0.15) is 0 Å². The first-order valence-corrected chi connectivity index (χ1v) is 6.66. The van der Waals surface area contributed by atoms with E-state index in [0.717, 1.165) is 31.6 Å². The van der Waals surface area contributed by atoms with Gasteiger partial charge in [0, 0.05) is 31.4 Å². The third kappa shape index (κ3) is 5.61. The fourth-order valence-electron chi connectivity index (χ4n) is 1.74. The van der Waals surface area contributed by atoms with Crippen molar-refractivity contribution in [2.75, 3.05) is 20.1 Å². The number of rotatable bonds is 6. The molecule has 1 rings (SSSR count). The molecule has 0 radical (unpaired) electrons. The Bertz CT molecular complexity index is 332. The molecular formula is C15H26N2O. The SMILES string of the molecule is CN(CCc1ccccn1)CCC(O)C(C)(C)C. The van der Waals surface area contributed by atoms with E-state index < -0.39 is 0 Å². The van der Waals surface area contributed by atoms with Crippen molar-refractivity contribution in [3.8, 4) is 0 Å². The van der Waals surface area contributed by atoms with Crippen LogP contribution in [0.25, 0.3) is 0 Å². The third-order valence-corrected chi connectivity index (χ3v) is 3.26. The Hall–Kier alpha value is -0.930. The lowest BCUT2D eigenvalue weighted by Crippen LogP contribution is -2.31. The van der Waals surface area contributed by atoms with Gasteiger partial charge in [0.05, 0.1) is 6.10 Å². The summed E-state index contributed by atoms with van der Waals surface area (Å²) < 4.78 is 0. The van der Waals surface area contributed by atoms with Crippen LogP contribution < -0.4 is 0 Å². The minimum Gasteiger partial charge on any atom is -0.393 e. The number of aliphatic hydroxyl groups is 1. The van der Waals surface area contributed by atoms with Gasteiger partial charge in [-0.3, -0.25) is 4.98 Å². The molecule has 0 aliphatic carbocycles. The normalized spacial score (nSPS) is 13.9. The Labute approximate surface area is 111 Å².